The summed E-state index contributed by atoms with van der Waals surface area (Å²) in [6, 6.07) is 19.7. The maximum Gasteiger partial charge on any atom is 0.324 e. The lowest BCUT2D eigenvalue weighted by Crippen LogP contribution is -2.25. The summed E-state index contributed by atoms with van der Waals surface area (Å²) in [6.07, 6.45) is 1.98. The second kappa shape index (κ2) is 4.39. The normalized spacial score (nSPS) is 20.6. The van der Waals surface area contributed by atoms with Gasteiger partial charge in [0.15, 0.2) is 0 Å². The molecule has 1 atom stereocenters. The fraction of sp³-hybridized carbons (Fsp3) is 0.118. The van der Waals surface area contributed by atoms with Gasteiger partial charge in [0.25, 0.3) is 0 Å². The third-order valence-electron chi connectivity index (χ3n) is 3.52. The van der Waals surface area contributed by atoms with Gasteiger partial charge in [0.05, 0.1) is 7.11 Å². The van der Waals surface area contributed by atoms with Gasteiger partial charge in [0.1, 0.15) is 5.41 Å². The van der Waals surface area contributed by atoms with Crippen LogP contribution in [0.5, 0.6) is 0 Å². The van der Waals surface area contributed by atoms with Crippen LogP contribution in [-0.4, -0.2) is 13.1 Å². The quantitative estimate of drug-likeness (QED) is 0.782. The molecule has 94 valence electrons. The first-order chi connectivity index (χ1) is 9.29. The number of hydrogen-bond donors (Lipinski definition) is 0. The molecule has 0 spiro atoms. The summed E-state index contributed by atoms with van der Waals surface area (Å²) in [5.74, 6) is -0.224. The summed E-state index contributed by atoms with van der Waals surface area (Å²) in [4.78, 5) is 12.2. The Bertz CT molecular complexity index is 629. The van der Waals surface area contributed by atoms with E-state index in [0.717, 1.165) is 16.7 Å². The van der Waals surface area contributed by atoms with Gasteiger partial charge in [-0.25, -0.2) is 0 Å². The molecule has 0 fully saturated rings. The number of esters is 1. The molecule has 0 radical (unpaired) electrons. The predicted octanol–water partition coefficient (Wildman–Crippen LogP) is 3.19. The molecule has 19 heavy (non-hydrogen) atoms. The Morgan fingerprint density at radius 1 is 0.947 bits per heavy atom. The van der Waals surface area contributed by atoms with Gasteiger partial charge in [0.2, 0.25) is 0 Å². The zero-order valence-electron chi connectivity index (χ0n) is 10.7. The minimum atomic E-state index is -0.697. The number of carbonyl (C=O) groups is 1. The van der Waals surface area contributed by atoms with Crippen molar-refractivity contribution in [3.05, 3.63) is 77.9 Å². The fourth-order valence-corrected chi connectivity index (χ4v) is 2.50. The van der Waals surface area contributed by atoms with Crippen molar-refractivity contribution in [3.8, 4) is 0 Å². The molecule has 0 bridgehead atoms. The van der Waals surface area contributed by atoms with Crippen LogP contribution in [0.2, 0.25) is 0 Å². The van der Waals surface area contributed by atoms with E-state index in [1.165, 1.54) is 7.11 Å². The first kappa shape index (κ1) is 11.7. The first-order valence-electron chi connectivity index (χ1n) is 6.22. The molecule has 0 amide bonds. The molecule has 1 aliphatic rings. The van der Waals surface area contributed by atoms with Gasteiger partial charge in [-0.1, -0.05) is 66.7 Å². The Kier molecular flexibility index (Phi) is 2.71. The topological polar surface area (TPSA) is 26.3 Å². The summed E-state index contributed by atoms with van der Waals surface area (Å²) >= 11 is 0. The highest BCUT2D eigenvalue weighted by molar-refractivity contribution is 6.12. The molecular weight excluding hydrogens is 236 g/mol. The number of ether oxygens (including phenoxy) is 1. The lowest BCUT2D eigenvalue weighted by Gasteiger charge is -2.16. The van der Waals surface area contributed by atoms with E-state index >= 15 is 0 Å². The van der Waals surface area contributed by atoms with E-state index in [1.54, 1.807) is 0 Å². The van der Waals surface area contributed by atoms with Crippen molar-refractivity contribution in [1.82, 2.24) is 0 Å². The molecule has 2 aromatic rings. The largest absolute Gasteiger partial charge is 0.468 e. The Morgan fingerprint density at radius 3 is 2.11 bits per heavy atom. The van der Waals surface area contributed by atoms with Crippen molar-refractivity contribution < 1.29 is 9.53 Å². The summed E-state index contributed by atoms with van der Waals surface area (Å²) in [6.45, 7) is 0. The van der Waals surface area contributed by atoms with E-state index in [0.29, 0.717) is 0 Å². The maximum atomic E-state index is 12.2. The molecule has 0 unspecified atom stereocenters. The van der Waals surface area contributed by atoms with Crippen molar-refractivity contribution in [2.45, 2.75) is 5.41 Å². The maximum absolute atomic E-state index is 12.2. The van der Waals surface area contributed by atoms with Crippen molar-refractivity contribution in [1.29, 1.82) is 0 Å². The molecule has 3 rings (SSSR count). The SMILES string of the molecule is COC(=O)[C@]1(c2ccccc2)C=C1c1ccccc1. The lowest BCUT2D eigenvalue weighted by atomic mass is 9.88. The van der Waals surface area contributed by atoms with E-state index in [1.807, 2.05) is 66.7 Å². The summed E-state index contributed by atoms with van der Waals surface area (Å²) in [5, 5.41) is 0. The van der Waals surface area contributed by atoms with Crippen LogP contribution < -0.4 is 0 Å². The van der Waals surface area contributed by atoms with Gasteiger partial charge >= 0.3 is 5.97 Å². The van der Waals surface area contributed by atoms with Gasteiger partial charge in [0, 0.05) is 0 Å². The molecule has 0 aliphatic heterocycles. The Morgan fingerprint density at radius 2 is 1.53 bits per heavy atom. The fourth-order valence-electron chi connectivity index (χ4n) is 2.50. The number of methoxy groups -OCH3 is 1. The van der Waals surface area contributed by atoms with Crippen LogP contribution in [0.4, 0.5) is 0 Å². The third-order valence-corrected chi connectivity index (χ3v) is 3.52. The Hall–Kier alpha value is -2.35. The number of hydrogen-bond acceptors (Lipinski definition) is 2. The minimum Gasteiger partial charge on any atom is -0.468 e. The van der Waals surface area contributed by atoms with Gasteiger partial charge in [-0.3, -0.25) is 4.79 Å². The Balaban J connectivity index is 2.03. The lowest BCUT2D eigenvalue weighted by molar-refractivity contribution is -0.142. The van der Waals surface area contributed by atoms with Gasteiger partial charge in [-0.05, 0) is 16.7 Å². The molecule has 2 aromatic carbocycles. The van der Waals surface area contributed by atoms with Crippen LogP contribution in [0.15, 0.2) is 66.7 Å². The summed E-state index contributed by atoms with van der Waals surface area (Å²) in [7, 11) is 1.43. The average Bonchev–Trinajstić information content (AvgIpc) is 3.25. The summed E-state index contributed by atoms with van der Waals surface area (Å²) in [5.41, 5.74) is 2.35. The van der Waals surface area contributed by atoms with Crippen LogP contribution in [0.25, 0.3) is 5.57 Å². The molecule has 2 nitrogen and oxygen atoms in total. The van der Waals surface area contributed by atoms with Crippen LogP contribution in [0, 0.1) is 0 Å². The van der Waals surface area contributed by atoms with E-state index in [-0.39, 0.29) is 5.97 Å². The minimum absolute atomic E-state index is 0.224. The highest BCUT2D eigenvalue weighted by Gasteiger charge is 2.53. The van der Waals surface area contributed by atoms with Crippen molar-refractivity contribution in [3.63, 3.8) is 0 Å². The molecule has 0 saturated carbocycles. The molecular formula is C17H14O2. The monoisotopic (exact) mass is 250 g/mol. The van der Waals surface area contributed by atoms with Crippen LogP contribution in [0.3, 0.4) is 0 Å². The predicted molar refractivity (Wildman–Crippen MR) is 74.6 cm³/mol. The number of carbonyl (C=O) groups excluding carboxylic acids is 1. The van der Waals surface area contributed by atoms with Crippen LogP contribution in [0.1, 0.15) is 11.1 Å². The van der Waals surface area contributed by atoms with Crippen LogP contribution in [-0.2, 0) is 14.9 Å². The molecule has 0 aromatic heterocycles. The third kappa shape index (κ3) is 1.76. The molecule has 2 heteroatoms. The van der Waals surface area contributed by atoms with Crippen LogP contribution >= 0.6 is 0 Å². The molecule has 0 heterocycles. The smallest absolute Gasteiger partial charge is 0.324 e. The molecule has 1 aliphatic carbocycles. The average molecular weight is 250 g/mol. The van der Waals surface area contributed by atoms with E-state index in [9.17, 15) is 4.79 Å². The zero-order chi connectivity index (χ0) is 13.3. The van der Waals surface area contributed by atoms with Gasteiger partial charge in [-0.2, -0.15) is 0 Å². The number of rotatable bonds is 3. The highest BCUT2D eigenvalue weighted by Crippen LogP contribution is 2.53. The van der Waals surface area contributed by atoms with E-state index in [2.05, 4.69) is 0 Å². The van der Waals surface area contributed by atoms with Crippen molar-refractivity contribution in [2.24, 2.45) is 0 Å². The standard InChI is InChI=1S/C17H14O2/c1-19-16(18)17(14-10-6-3-7-11-14)12-15(17)13-8-4-2-5-9-13/h2-12H,1H3/t17-/m0/s1. The first-order valence-corrected chi connectivity index (χ1v) is 6.22. The zero-order valence-corrected chi connectivity index (χ0v) is 10.7. The van der Waals surface area contributed by atoms with Gasteiger partial charge in [-0.15, -0.1) is 0 Å². The second-order valence-corrected chi connectivity index (χ2v) is 4.59. The van der Waals surface area contributed by atoms with Crippen molar-refractivity contribution in [2.75, 3.05) is 7.11 Å². The summed E-state index contributed by atoms with van der Waals surface area (Å²) < 4.78 is 4.99. The van der Waals surface area contributed by atoms with Gasteiger partial charge < -0.3 is 4.74 Å². The molecule has 0 N–H and O–H groups in total. The second-order valence-electron chi connectivity index (χ2n) is 4.59. The molecule has 0 saturated heterocycles. The number of benzene rings is 2. The van der Waals surface area contributed by atoms with Crippen molar-refractivity contribution >= 4 is 11.5 Å². The van der Waals surface area contributed by atoms with E-state index in [4.69, 9.17) is 4.74 Å². The van der Waals surface area contributed by atoms with E-state index < -0.39 is 5.41 Å². The Labute approximate surface area is 112 Å². The highest BCUT2D eigenvalue weighted by atomic mass is 16.5.